The fourth-order valence-electron chi connectivity index (χ4n) is 2.50. The van der Waals surface area contributed by atoms with Crippen LogP contribution < -0.4 is 15.0 Å². The topological polar surface area (TPSA) is 89.5 Å². The Morgan fingerprint density at radius 1 is 1.28 bits per heavy atom. The van der Waals surface area contributed by atoms with E-state index in [4.69, 9.17) is 9.47 Å². The number of carbonyl (C=O) groups is 1. The number of rotatable bonds is 6. The van der Waals surface area contributed by atoms with Crippen LogP contribution in [0.4, 0.5) is 5.82 Å². The van der Waals surface area contributed by atoms with Crippen LogP contribution in [0, 0.1) is 0 Å². The van der Waals surface area contributed by atoms with Gasteiger partial charge >= 0.3 is 0 Å². The van der Waals surface area contributed by atoms with Gasteiger partial charge in [0.1, 0.15) is 17.8 Å². The molecule has 1 fully saturated rings. The van der Waals surface area contributed by atoms with Gasteiger partial charge < -0.3 is 19.7 Å². The highest BCUT2D eigenvalue weighted by molar-refractivity contribution is 5.92. The molecule has 1 aliphatic heterocycles. The van der Waals surface area contributed by atoms with Gasteiger partial charge in [-0.2, -0.15) is 0 Å². The largest absolute Gasteiger partial charge is 0.478 e. The molecule has 0 atom stereocenters. The van der Waals surface area contributed by atoms with Gasteiger partial charge in [-0.15, -0.1) is 0 Å². The van der Waals surface area contributed by atoms with Crippen LogP contribution in [-0.4, -0.2) is 53.8 Å². The fraction of sp³-hybridized carbons (Fsp3) is 0.412. The van der Waals surface area contributed by atoms with Crippen LogP contribution in [0.25, 0.3) is 0 Å². The summed E-state index contributed by atoms with van der Waals surface area (Å²) in [7, 11) is 0. The molecule has 8 heteroatoms. The summed E-state index contributed by atoms with van der Waals surface area (Å²) in [6.45, 7) is 5.80. The Labute approximate surface area is 146 Å². The van der Waals surface area contributed by atoms with E-state index in [0.717, 1.165) is 24.5 Å². The minimum Gasteiger partial charge on any atom is -0.478 e. The first-order valence-corrected chi connectivity index (χ1v) is 8.27. The van der Waals surface area contributed by atoms with Gasteiger partial charge in [0.15, 0.2) is 0 Å². The maximum atomic E-state index is 12.3. The first-order chi connectivity index (χ1) is 12.3. The first-order valence-electron chi connectivity index (χ1n) is 8.27. The summed E-state index contributed by atoms with van der Waals surface area (Å²) >= 11 is 0. The molecule has 2 aromatic heterocycles. The maximum absolute atomic E-state index is 12.3. The zero-order valence-electron chi connectivity index (χ0n) is 14.1. The number of nitrogens with zero attached hydrogens (tertiary/aromatic N) is 4. The number of pyridine rings is 1. The van der Waals surface area contributed by atoms with Gasteiger partial charge in [-0.1, -0.05) is 0 Å². The van der Waals surface area contributed by atoms with Crippen LogP contribution in [0.15, 0.2) is 30.7 Å². The van der Waals surface area contributed by atoms with E-state index in [9.17, 15) is 4.79 Å². The van der Waals surface area contributed by atoms with Gasteiger partial charge in [0.2, 0.25) is 5.88 Å². The highest BCUT2D eigenvalue weighted by Crippen LogP contribution is 2.14. The second-order valence-corrected chi connectivity index (χ2v) is 5.48. The zero-order valence-corrected chi connectivity index (χ0v) is 14.1. The van der Waals surface area contributed by atoms with Crippen LogP contribution in [-0.2, 0) is 11.3 Å². The van der Waals surface area contributed by atoms with E-state index < -0.39 is 0 Å². The van der Waals surface area contributed by atoms with Crippen LogP contribution in [0.1, 0.15) is 23.0 Å². The molecule has 3 rings (SSSR count). The lowest BCUT2D eigenvalue weighted by molar-refractivity contribution is 0.0945. The molecule has 0 aliphatic carbocycles. The number of hydrogen-bond donors (Lipinski definition) is 1. The third-order valence-electron chi connectivity index (χ3n) is 3.76. The standard InChI is InChI=1S/C17H21N5O3/c1-2-25-16-10-14(20-12-21-16)17(23)19-11-13-3-4-18-15(9-13)22-5-7-24-8-6-22/h3-4,9-10,12H,2,5-8,11H2,1H3,(H,19,23). The maximum Gasteiger partial charge on any atom is 0.270 e. The average Bonchev–Trinajstić information content (AvgIpc) is 2.67. The molecule has 8 nitrogen and oxygen atoms in total. The summed E-state index contributed by atoms with van der Waals surface area (Å²) in [5.74, 6) is 1.02. The Bertz CT molecular complexity index is 719. The second kappa shape index (κ2) is 8.39. The Morgan fingerprint density at radius 3 is 2.92 bits per heavy atom. The second-order valence-electron chi connectivity index (χ2n) is 5.48. The van der Waals surface area contributed by atoms with Crippen molar-refractivity contribution in [3.63, 3.8) is 0 Å². The number of nitrogens with one attached hydrogen (secondary N) is 1. The first kappa shape index (κ1) is 17.1. The van der Waals surface area contributed by atoms with Gasteiger partial charge in [-0.25, -0.2) is 15.0 Å². The number of aromatic nitrogens is 3. The van der Waals surface area contributed by atoms with Crippen molar-refractivity contribution in [3.8, 4) is 5.88 Å². The lowest BCUT2D eigenvalue weighted by Crippen LogP contribution is -2.36. The smallest absolute Gasteiger partial charge is 0.270 e. The monoisotopic (exact) mass is 343 g/mol. The SMILES string of the molecule is CCOc1cc(C(=O)NCc2ccnc(N3CCOCC3)c2)ncn1. The van der Waals surface area contributed by atoms with Crippen LogP contribution in [0.5, 0.6) is 5.88 Å². The molecule has 0 radical (unpaired) electrons. The van der Waals surface area contributed by atoms with Gasteiger partial charge in [0.05, 0.1) is 19.8 Å². The third-order valence-corrected chi connectivity index (χ3v) is 3.76. The zero-order chi connectivity index (χ0) is 17.5. The van der Waals surface area contributed by atoms with Crippen molar-refractivity contribution in [1.82, 2.24) is 20.3 Å². The number of morpholine rings is 1. The van der Waals surface area contributed by atoms with Crippen molar-refractivity contribution in [1.29, 1.82) is 0 Å². The number of carbonyl (C=O) groups excluding carboxylic acids is 1. The summed E-state index contributed by atoms with van der Waals surface area (Å²) < 4.78 is 10.6. The molecule has 0 aromatic carbocycles. The highest BCUT2D eigenvalue weighted by atomic mass is 16.5. The molecule has 25 heavy (non-hydrogen) atoms. The quantitative estimate of drug-likeness (QED) is 0.838. The van der Waals surface area contributed by atoms with Crippen molar-refractivity contribution in [2.45, 2.75) is 13.5 Å². The molecule has 0 saturated carbocycles. The number of ether oxygens (including phenoxy) is 2. The van der Waals surface area contributed by atoms with Crippen LogP contribution in [0.2, 0.25) is 0 Å². The van der Waals surface area contributed by atoms with E-state index in [1.54, 1.807) is 6.20 Å². The summed E-state index contributed by atoms with van der Waals surface area (Å²) in [5, 5.41) is 2.86. The van der Waals surface area contributed by atoms with Crippen molar-refractivity contribution >= 4 is 11.7 Å². The molecular formula is C17H21N5O3. The van der Waals surface area contributed by atoms with Gasteiger partial charge in [-0.3, -0.25) is 4.79 Å². The highest BCUT2D eigenvalue weighted by Gasteiger charge is 2.13. The van der Waals surface area contributed by atoms with E-state index in [-0.39, 0.29) is 11.6 Å². The summed E-state index contributed by atoms with van der Waals surface area (Å²) in [4.78, 5) is 26.8. The Balaban J connectivity index is 1.61. The lowest BCUT2D eigenvalue weighted by atomic mass is 10.2. The molecule has 0 bridgehead atoms. The Morgan fingerprint density at radius 2 is 2.12 bits per heavy atom. The van der Waals surface area contributed by atoms with Gasteiger partial charge in [0, 0.05) is 31.9 Å². The molecule has 1 aliphatic rings. The van der Waals surface area contributed by atoms with E-state index in [1.807, 2.05) is 19.1 Å². The van der Waals surface area contributed by atoms with Gasteiger partial charge in [0.25, 0.3) is 5.91 Å². The van der Waals surface area contributed by atoms with Gasteiger partial charge in [-0.05, 0) is 24.6 Å². The van der Waals surface area contributed by atoms with Crippen molar-refractivity contribution in [2.75, 3.05) is 37.8 Å². The Kier molecular flexibility index (Phi) is 5.73. The normalized spacial score (nSPS) is 14.2. The molecule has 3 heterocycles. The summed E-state index contributed by atoms with van der Waals surface area (Å²) in [5.41, 5.74) is 1.25. The number of hydrogen-bond acceptors (Lipinski definition) is 7. The molecule has 1 amide bonds. The van der Waals surface area contributed by atoms with Crippen molar-refractivity contribution in [3.05, 3.63) is 42.0 Å². The predicted octanol–water partition coefficient (Wildman–Crippen LogP) is 1.04. The molecule has 132 valence electrons. The summed E-state index contributed by atoms with van der Waals surface area (Å²) in [6, 6.07) is 5.40. The fourth-order valence-corrected chi connectivity index (χ4v) is 2.50. The molecular weight excluding hydrogens is 322 g/mol. The Hall–Kier alpha value is -2.74. The number of anilines is 1. The third kappa shape index (κ3) is 4.63. The van der Waals surface area contributed by atoms with E-state index in [0.29, 0.717) is 32.2 Å². The van der Waals surface area contributed by atoms with Crippen molar-refractivity contribution < 1.29 is 14.3 Å². The molecule has 0 spiro atoms. The predicted molar refractivity (Wildman–Crippen MR) is 91.6 cm³/mol. The molecule has 0 unspecified atom stereocenters. The summed E-state index contributed by atoms with van der Waals surface area (Å²) in [6.07, 6.45) is 3.08. The van der Waals surface area contributed by atoms with Crippen molar-refractivity contribution in [2.24, 2.45) is 0 Å². The van der Waals surface area contributed by atoms with Crippen LogP contribution >= 0.6 is 0 Å². The number of amides is 1. The minimum absolute atomic E-state index is 0.270. The minimum atomic E-state index is -0.270. The lowest BCUT2D eigenvalue weighted by Gasteiger charge is -2.28. The van der Waals surface area contributed by atoms with E-state index >= 15 is 0 Å². The molecule has 1 N–H and O–H groups in total. The molecule has 2 aromatic rings. The van der Waals surface area contributed by atoms with E-state index in [2.05, 4.69) is 25.2 Å². The average molecular weight is 343 g/mol. The molecule has 1 saturated heterocycles. The van der Waals surface area contributed by atoms with Crippen LogP contribution in [0.3, 0.4) is 0 Å². The van der Waals surface area contributed by atoms with E-state index in [1.165, 1.54) is 12.4 Å².